The van der Waals surface area contributed by atoms with Crippen LogP contribution in [-0.2, 0) is 4.79 Å². The first-order chi connectivity index (χ1) is 4.67. The van der Waals surface area contributed by atoms with E-state index < -0.39 is 0 Å². The third-order valence-electron chi connectivity index (χ3n) is 1.64. The van der Waals surface area contributed by atoms with E-state index in [0.29, 0.717) is 0 Å². The fraction of sp³-hybridized carbons (Fsp3) is 0.833. The van der Waals surface area contributed by atoms with Gasteiger partial charge in [-0.25, -0.2) is 0 Å². The monoisotopic (exact) mass is 269 g/mol. The first-order valence-corrected chi connectivity index (χ1v) is 4.82. The summed E-state index contributed by atoms with van der Waals surface area (Å²) in [5.74, 6) is 0. The average molecular weight is 271 g/mol. The van der Waals surface area contributed by atoms with Crippen molar-refractivity contribution in [3.05, 3.63) is 0 Å². The van der Waals surface area contributed by atoms with E-state index in [1.54, 1.807) is 0 Å². The van der Waals surface area contributed by atoms with Crippen LogP contribution in [0.2, 0.25) is 0 Å². The second-order valence-electron chi connectivity index (χ2n) is 2.43. The van der Waals surface area contributed by atoms with Crippen LogP contribution in [0.4, 0.5) is 0 Å². The number of halogens is 2. The molecule has 1 unspecified atom stereocenters. The van der Waals surface area contributed by atoms with Gasteiger partial charge in [-0.3, -0.25) is 0 Å². The molecule has 1 N–H and O–H groups in total. The number of carbonyl (C=O) groups excluding carboxylic acids is 1. The summed E-state index contributed by atoms with van der Waals surface area (Å²) in [7, 11) is 0. The molecule has 10 heavy (non-hydrogen) atoms. The van der Waals surface area contributed by atoms with Gasteiger partial charge in [0.2, 0.25) is 0 Å². The van der Waals surface area contributed by atoms with Gasteiger partial charge in [-0.2, -0.15) is 0 Å². The number of carbonyl (C=O) groups is 1. The summed E-state index contributed by atoms with van der Waals surface area (Å²) in [5.41, 5.74) is 0. The quantitative estimate of drug-likeness (QED) is 0.577. The number of hydrogen-bond acceptors (Lipinski definition) is 2. The van der Waals surface area contributed by atoms with Crippen LogP contribution in [0, 0.1) is 0 Å². The molecule has 0 radical (unpaired) electrons. The third-order valence-corrected chi connectivity index (χ3v) is 3.42. The molecule has 1 aliphatic heterocycles. The summed E-state index contributed by atoms with van der Waals surface area (Å²) < 4.78 is -0.208. The van der Waals surface area contributed by atoms with Gasteiger partial charge < -0.3 is 10.1 Å². The van der Waals surface area contributed by atoms with E-state index in [2.05, 4.69) is 37.2 Å². The average Bonchev–Trinajstić information content (AvgIpc) is 1.87. The zero-order valence-corrected chi connectivity index (χ0v) is 8.61. The second kappa shape index (κ2) is 3.32. The first-order valence-electron chi connectivity index (χ1n) is 3.23. The number of alkyl halides is 2. The van der Waals surface area contributed by atoms with Crippen LogP contribution < -0.4 is 5.32 Å². The summed E-state index contributed by atoms with van der Waals surface area (Å²) in [6.45, 7) is 0.933. The second-order valence-corrected chi connectivity index (χ2v) is 6.33. The van der Waals surface area contributed by atoms with Gasteiger partial charge in [-0.15, -0.1) is 0 Å². The van der Waals surface area contributed by atoms with Crippen molar-refractivity contribution in [2.75, 3.05) is 6.54 Å². The Morgan fingerprint density at radius 3 is 2.70 bits per heavy atom. The van der Waals surface area contributed by atoms with Gasteiger partial charge in [0.25, 0.3) is 0 Å². The molecule has 1 saturated heterocycles. The number of rotatable bonds is 1. The maximum Gasteiger partial charge on any atom is 0.139 e. The normalized spacial score (nSPS) is 31.6. The Morgan fingerprint density at radius 1 is 1.60 bits per heavy atom. The lowest BCUT2D eigenvalue weighted by Crippen LogP contribution is -2.48. The van der Waals surface area contributed by atoms with Crippen molar-refractivity contribution in [3.63, 3.8) is 0 Å². The molecule has 1 aliphatic rings. The molecule has 0 aromatic carbocycles. The van der Waals surface area contributed by atoms with E-state index in [9.17, 15) is 4.79 Å². The van der Waals surface area contributed by atoms with Crippen LogP contribution in [0.25, 0.3) is 0 Å². The summed E-state index contributed by atoms with van der Waals surface area (Å²) >= 11 is 6.88. The molecule has 2 nitrogen and oxygen atoms in total. The van der Waals surface area contributed by atoms with Gasteiger partial charge in [-0.1, -0.05) is 31.9 Å². The minimum Gasteiger partial charge on any atom is -0.306 e. The van der Waals surface area contributed by atoms with Crippen molar-refractivity contribution in [2.24, 2.45) is 0 Å². The van der Waals surface area contributed by atoms with Crippen LogP contribution in [0.1, 0.15) is 12.8 Å². The van der Waals surface area contributed by atoms with Crippen LogP contribution in [0.15, 0.2) is 0 Å². The molecule has 1 rings (SSSR count). The molecule has 0 aliphatic carbocycles. The summed E-state index contributed by atoms with van der Waals surface area (Å²) in [6.07, 6.45) is 3.02. The maximum absolute atomic E-state index is 10.5. The van der Waals surface area contributed by atoms with Crippen LogP contribution in [-0.4, -0.2) is 22.1 Å². The number of nitrogens with one attached hydrogen (secondary N) is 1. The highest BCUT2D eigenvalue weighted by molar-refractivity contribution is 9.25. The maximum atomic E-state index is 10.5. The number of piperidine rings is 1. The highest BCUT2D eigenvalue weighted by Gasteiger charge is 2.35. The molecule has 0 bridgehead atoms. The van der Waals surface area contributed by atoms with Crippen molar-refractivity contribution in [3.8, 4) is 0 Å². The Hall–Kier alpha value is 0.590. The zero-order chi connectivity index (χ0) is 7.61. The molecule has 1 heterocycles. The van der Waals surface area contributed by atoms with Gasteiger partial charge >= 0.3 is 0 Å². The highest BCUT2D eigenvalue weighted by atomic mass is 79.9. The lowest BCUT2D eigenvalue weighted by molar-refractivity contribution is -0.109. The molecule has 0 spiro atoms. The standard InChI is InChI=1S/C6H9Br2NO/c7-6(8)2-1-3-9-5(6)4-10/h4-5,9H,1-3H2. The Bertz CT molecular complexity index is 138. The van der Waals surface area contributed by atoms with E-state index in [1.165, 1.54) is 0 Å². The smallest absolute Gasteiger partial charge is 0.139 e. The largest absolute Gasteiger partial charge is 0.306 e. The van der Waals surface area contributed by atoms with E-state index in [1.807, 2.05) is 0 Å². The van der Waals surface area contributed by atoms with Gasteiger partial charge in [0.1, 0.15) is 9.52 Å². The van der Waals surface area contributed by atoms with E-state index in [-0.39, 0.29) is 9.28 Å². The third kappa shape index (κ3) is 1.80. The zero-order valence-electron chi connectivity index (χ0n) is 5.44. The van der Waals surface area contributed by atoms with E-state index in [4.69, 9.17) is 0 Å². The van der Waals surface area contributed by atoms with Crippen molar-refractivity contribution in [1.82, 2.24) is 5.32 Å². The van der Waals surface area contributed by atoms with E-state index in [0.717, 1.165) is 25.7 Å². The summed E-state index contributed by atoms with van der Waals surface area (Å²) in [4.78, 5) is 10.5. The highest BCUT2D eigenvalue weighted by Crippen LogP contribution is 2.36. The molecule has 1 atom stereocenters. The minimum atomic E-state index is -0.208. The lowest BCUT2D eigenvalue weighted by atomic mass is 10.1. The van der Waals surface area contributed by atoms with Gasteiger partial charge in [-0.05, 0) is 19.4 Å². The fourth-order valence-electron chi connectivity index (χ4n) is 1.03. The van der Waals surface area contributed by atoms with Crippen molar-refractivity contribution in [2.45, 2.75) is 22.1 Å². The predicted molar refractivity (Wildman–Crippen MR) is 47.7 cm³/mol. The molecule has 0 aromatic rings. The Morgan fingerprint density at radius 2 is 2.30 bits per heavy atom. The molecule has 0 aromatic heterocycles. The van der Waals surface area contributed by atoms with Crippen LogP contribution in [0.5, 0.6) is 0 Å². The minimum absolute atomic E-state index is 0.0961. The van der Waals surface area contributed by atoms with Crippen molar-refractivity contribution >= 4 is 38.1 Å². The van der Waals surface area contributed by atoms with Crippen molar-refractivity contribution in [1.29, 1.82) is 0 Å². The molecular weight excluding hydrogens is 262 g/mol. The Labute approximate surface area is 77.0 Å². The van der Waals surface area contributed by atoms with Crippen LogP contribution >= 0.6 is 31.9 Å². The van der Waals surface area contributed by atoms with Crippen molar-refractivity contribution < 1.29 is 4.79 Å². The SMILES string of the molecule is O=CC1NCCCC1(Br)Br. The Kier molecular flexibility index (Phi) is 2.89. The molecule has 58 valence electrons. The predicted octanol–water partition coefficient (Wildman–Crippen LogP) is 1.42. The lowest BCUT2D eigenvalue weighted by Gasteiger charge is -2.32. The fourth-order valence-corrected chi connectivity index (χ4v) is 2.13. The van der Waals surface area contributed by atoms with Gasteiger partial charge in [0.15, 0.2) is 0 Å². The summed E-state index contributed by atoms with van der Waals surface area (Å²) in [6, 6.07) is -0.0961. The number of hydrogen-bond donors (Lipinski definition) is 1. The molecular formula is C6H9Br2NO. The van der Waals surface area contributed by atoms with Crippen LogP contribution in [0.3, 0.4) is 0 Å². The molecule has 0 saturated carbocycles. The number of aldehydes is 1. The topological polar surface area (TPSA) is 29.1 Å². The van der Waals surface area contributed by atoms with E-state index >= 15 is 0 Å². The Balaban J connectivity index is 2.59. The van der Waals surface area contributed by atoms with Gasteiger partial charge in [0.05, 0.1) is 6.04 Å². The first kappa shape index (κ1) is 8.68. The summed E-state index contributed by atoms with van der Waals surface area (Å²) in [5, 5.41) is 3.10. The van der Waals surface area contributed by atoms with Gasteiger partial charge in [0, 0.05) is 0 Å². The molecule has 1 fully saturated rings. The molecule has 4 heteroatoms. The molecule has 0 amide bonds.